The van der Waals surface area contributed by atoms with Crippen LogP contribution in [-0.2, 0) is 6.54 Å². The van der Waals surface area contributed by atoms with E-state index in [1.54, 1.807) is 36.5 Å². The van der Waals surface area contributed by atoms with Crippen molar-refractivity contribution in [3.63, 3.8) is 0 Å². The highest BCUT2D eigenvalue weighted by atomic mass is 35.5. The Kier molecular flexibility index (Phi) is 4.97. The minimum Gasteiger partial charge on any atom is -0.343 e. The molecule has 0 aliphatic rings. The van der Waals surface area contributed by atoms with Crippen LogP contribution in [0, 0.1) is 5.82 Å². The average Bonchev–Trinajstić information content (AvgIpc) is 3.03. The van der Waals surface area contributed by atoms with Crippen molar-refractivity contribution < 1.29 is 4.39 Å². The van der Waals surface area contributed by atoms with E-state index in [1.165, 1.54) is 6.07 Å². The summed E-state index contributed by atoms with van der Waals surface area (Å²) < 4.78 is 15.5. The Labute approximate surface area is 166 Å². The highest BCUT2D eigenvalue weighted by Gasteiger charge is 2.04. The van der Waals surface area contributed by atoms with Gasteiger partial charge in [-0.05, 0) is 59.7 Å². The Morgan fingerprint density at radius 1 is 0.963 bits per heavy atom. The monoisotopic (exact) mass is 396 g/mol. The first-order chi connectivity index (χ1) is 13.1. The molecule has 0 aliphatic carbocycles. The van der Waals surface area contributed by atoms with E-state index in [1.807, 2.05) is 30.5 Å². The van der Waals surface area contributed by atoms with Gasteiger partial charge in [0, 0.05) is 34.9 Å². The molecule has 0 unspecified atom stereocenters. The molecule has 4 aromatic rings. The second-order valence-corrected chi connectivity index (χ2v) is 7.09. The zero-order chi connectivity index (χ0) is 18.8. The van der Waals surface area contributed by atoms with Crippen LogP contribution in [0.15, 0.2) is 77.9 Å². The first-order valence-corrected chi connectivity index (χ1v) is 9.16. The minimum atomic E-state index is -0.219. The van der Waals surface area contributed by atoms with Crippen molar-refractivity contribution in [2.45, 2.75) is 6.54 Å². The molecule has 134 valence electrons. The van der Waals surface area contributed by atoms with Crippen molar-refractivity contribution in [2.24, 2.45) is 4.99 Å². The van der Waals surface area contributed by atoms with Gasteiger partial charge in [-0.3, -0.25) is 4.99 Å². The summed E-state index contributed by atoms with van der Waals surface area (Å²) in [6.45, 7) is 0.620. The second kappa shape index (κ2) is 7.55. The van der Waals surface area contributed by atoms with Crippen LogP contribution in [0.5, 0.6) is 0 Å². The molecule has 0 spiro atoms. The number of rotatable bonds is 4. The van der Waals surface area contributed by atoms with Crippen molar-refractivity contribution in [3.05, 3.63) is 99.9 Å². The second-order valence-electron chi connectivity index (χ2n) is 6.25. The number of hydrogen-bond donors (Lipinski definition) is 0. The van der Waals surface area contributed by atoms with E-state index in [0.717, 1.165) is 22.0 Å². The number of benzene rings is 3. The Balaban J connectivity index is 1.59. The molecule has 0 amide bonds. The predicted molar refractivity (Wildman–Crippen MR) is 111 cm³/mol. The lowest BCUT2D eigenvalue weighted by molar-refractivity contribution is 0.624. The lowest BCUT2D eigenvalue weighted by Crippen LogP contribution is -1.98. The quantitative estimate of drug-likeness (QED) is 0.334. The molecule has 4 rings (SSSR count). The zero-order valence-electron chi connectivity index (χ0n) is 14.2. The van der Waals surface area contributed by atoms with Gasteiger partial charge in [-0.25, -0.2) is 4.39 Å². The molecule has 0 bridgehead atoms. The first kappa shape index (κ1) is 17.8. The summed E-state index contributed by atoms with van der Waals surface area (Å²) in [6, 6.07) is 20.0. The highest BCUT2D eigenvalue weighted by Crippen LogP contribution is 2.28. The first-order valence-electron chi connectivity index (χ1n) is 8.41. The highest BCUT2D eigenvalue weighted by molar-refractivity contribution is 6.36. The average molecular weight is 397 g/mol. The normalized spacial score (nSPS) is 11.5. The number of aliphatic imine (C=N–C) groups is 1. The van der Waals surface area contributed by atoms with E-state index in [-0.39, 0.29) is 5.82 Å². The lowest BCUT2D eigenvalue weighted by atomic mass is 10.1. The number of aromatic nitrogens is 1. The molecule has 5 heteroatoms. The summed E-state index contributed by atoms with van der Waals surface area (Å²) >= 11 is 12.1. The van der Waals surface area contributed by atoms with Gasteiger partial charge in [0.15, 0.2) is 0 Å². The molecular formula is C22H15Cl2FN2. The number of halogens is 3. The number of hydrogen-bond acceptors (Lipinski definition) is 1. The Morgan fingerprint density at radius 2 is 1.85 bits per heavy atom. The van der Waals surface area contributed by atoms with Crippen LogP contribution >= 0.6 is 23.2 Å². The van der Waals surface area contributed by atoms with E-state index in [9.17, 15) is 4.39 Å². The molecule has 3 aromatic carbocycles. The van der Waals surface area contributed by atoms with E-state index in [4.69, 9.17) is 23.2 Å². The van der Waals surface area contributed by atoms with Crippen LogP contribution in [0.3, 0.4) is 0 Å². The molecule has 1 aromatic heterocycles. The van der Waals surface area contributed by atoms with E-state index in [0.29, 0.717) is 22.3 Å². The SMILES string of the molecule is Fc1cccc(Cn2ccc3cc(C=Nc4ccc(Cl)cc4Cl)ccc32)c1. The van der Waals surface area contributed by atoms with Crippen LogP contribution in [0.1, 0.15) is 11.1 Å². The fourth-order valence-corrected chi connectivity index (χ4v) is 3.46. The van der Waals surface area contributed by atoms with Crippen LogP contribution in [-0.4, -0.2) is 10.8 Å². The van der Waals surface area contributed by atoms with Gasteiger partial charge in [-0.2, -0.15) is 0 Å². The van der Waals surface area contributed by atoms with Gasteiger partial charge in [0.05, 0.1) is 10.7 Å². The third-order valence-electron chi connectivity index (χ3n) is 4.30. The summed E-state index contributed by atoms with van der Waals surface area (Å²) in [5, 5.41) is 2.19. The van der Waals surface area contributed by atoms with Gasteiger partial charge in [-0.1, -0.05) is 41.4 Å². The molecule has 0 fully saturated rings. The molecule has 0 aliphatic heterocycles. The Hall–Kier alpha value is -2.62. The molecule has 2 nitrogen and oxygen atoms in total. The van der Waals surface area contributed by atoms with Gasteiger partial charge in [0.2, 0.25) is 0 Å². The van der Waals surface area contributed by atoms with Crippen LogP contribution in [0.25, 0.3) is 10.9 Å². The molecular weight excluding hydrogens is 382 g/mol. The third kappa shape index (κ3) is 4.05. The van der Waals surface area contributed by atoms with Crippen molar-refractivity contribution >= 4 is 46.0 Å². The minimum absolute atomic E-state index is 0.219. The maximum atomic E-state index is 13.4. The standard InChI is InChI=1S/C22H15Cl2FN2/c23-18-5-6-21(20(24)12-18)26-13-15-4-7-22-17(10-15)8-9-27(22)14-16-2-1-3-19(25)11-16/h1-13H,14H2. The molecule has 0 saturated carbocycles. The summed E-state index contributed by atoms with van der Waals surface area (Å²) in [5.74, 6) is -0.219. The Morgan fingerprint density at radius 3 is 2.67 bits per heavy atom. The molecule has 0 atom stereocenters. The lowest BCUT2D eigenvalue weighted by Gasteiger charge is -2.06. The maximum absolute atomic E-state index is 13.4. The van der Waals surface area contributed by atoms with Gasteiger partial charge in [-0.15, -0.1) is 0 Å². The smallest absolute Gasteiger partial charge is 0.123 e. The number of nitrogens with zero attached hydrogens (tertiary/aromatic N) is 2. The van der Waals surface area contributed by atoms with Crippen molar-refractivity contribution in [3.8, 4) is 0 Å². The van der Waals surface area contributed by atoms with Crippen LogP contribution in [0.2, 0.25) is 10.0 Å². The van der Waals surface area contributed by atoms with Gasteiger partial charge in [0.1, 0.15) is 5.82 Å². The van der Waals surface area contributed by atoms with E-state index >= 15 is 0 Å². The summed E-state index contributed by atoms with van der Waals surface area (Å²) in [6.07, 6.45) is 3.78. The summed E-state index contributed by atoms with van der Waals surface area (Å²) in [5.41, 5.74) is 3.65. The van der Waals surface area contributed by atoms with Gasteiger partial charge < -0.3 is 4.57 Å². The molecule has 0 N–H and O–H groups in total. The number of fused-ring (bicyclic) bond motifs is 1. The van der Waals surface area contributed by atoms with E-state index < -0.39 is 0 Å². The summed E-state index contributed by atoms with van der Waals surface area (Å²) in [7, 11) is 0. The fourth-order valence-electron chi connectivity index (χ4n) is 3.00. The maximum Gasteiger partial charge on any atom is 0.123 e. The van der Waals surface area contributed by atoms with Gasteiger partial charge in [0.25, 0.3) is 0 Å². The topological polar surface area (TPSA) is 17.3 Å². The molecule has 0 saturated heterocycles. The third-order valence-corrected chi connectivity index (χ3v) is 4.84. The summed E-state index contributed by atoms with van der Waals surface area (Å²) in [4.78, 5) is 4.44. The predicted octanol–water partition coefficient (Wildman–Crippen LogP) is 6.89. The molecule has 1 heterocycles. The fraction of sp³-hybridized carbons (Fsp3) is 0.0455. The zero-order valence-corrected chi connectivity index (χ0v) is 15.8. The largest absolute Gasteiger partial charge is 0.343 e. The van der Waals surface area contributed by atoms with Crippen molar-refractivity contribution in [1.29, 1.82) is 0 Å². The molecule has 27 heavy (non-hydrogen) atoms. The van der Waals surface area contributed by atoms with Crippen molar-refractivity contribution in [1.82, 2.24) is 4.57 Å². The molecule has 0 radical (unpaired) electrons. The van der Waals surface area contributed by atoms with Gasteiger partial charge >= 0.3 is 0 Å². The Bertz CT molecular complexity index is 1150. The van der Waals surface area contributed by atoms with Crippen LogP contribution in [0.4, 0.5) is 10.1 Å². The van der Waals surface area contributed by atoms with Crippen LogP contribution < -0.4 is 0 Å². The van der Waals surface area contributed by atoms with E-state index in [2.05, 4.69) is 15.6 Å². The van der Waals surface area contributed by atoms with Crippen molar-refractivity contribution in [2.75, 3.05) is 0 Å².